The Morgan fingerprint density at radius 2 is 2.21 bits per heavy atom. The van der Waals surface area contributed by atoms with E-state index in [1.54, 1.807) is 0 Å². The van der Waals surface area contributed by atoms with Crippen LogP contribution >= 0.6 is 0 Å². The van der Waals surface area contributed by atoms with E-state index in [1.165, 1.54) is 18.2 Å². The first kappa shape index (κ1) is 14.6. The van der Waals surface area contributed by atoms with Crippen LogP contribution in [0.2, 0.25) is 0 Å². The number of nitro groups is 1. The van der Waals surface area contributed by atoms with Gasteiger partial charge in [-0.15, -0.1) is 0 Å². The number of carbonyl (C=O) groups excluding carboxylic acids is 2. The Bertz CT molecular complexity index is 489. The summed E-state index contributed by atoms with van der Waals surface area (Å²) >= 11 is 0. The second-order valence-electron chi connectivity index (χ2n) is 3.54. The van der Waals surface area contributed by atoms with Crippen LogP contribution in [-0.2, 0) is 9.53 Å². The van der Waals surface area contributed by atoms with Crippen molar-refractivity contribution in [2.75, 3.05) is 13.2 Å². The lowest BCUT2D eigenvalue weighted by Gasteiger charge is -2.03. The van der Waals surface area contributed by atoms with E-state index in [0.29, 0.717) is 6.42 Å². The zero-order valence-electron chi connectivity index (χ0n) is 10.3. The molecule has 0 unspecified atom stereocenters. The number of nitrogens with zero attached hydrogens (tertiary/aromatic N) is 2. The third-order valence-electron chi connectivity index (χ3n) is 2.01. The van der Waals surface area contributed by atoms with Crippen LogP contribution in [0.3, 0.4) is 0 Å². The van der Waals surface area contributed by atoms with Gasteiger partial charge in [0.1, 0.15) is 6.54 Å². The number of ether oxygens (including phenoxy) is 1. The van der Waals surface area contributed by atoms with Gasteiger partial charge in [-0.05, 0) is 28.5 Å². The molecule has 0 saturated carbocycles. The molecule has 102 valence electrons. The van der Waals surface area contributed by atoms with Crippen molar-refractivity contribution < 1.29 is 19.2 Å². The minimum Gasteiger partial charge on any atom is -0.464 e. The van der Waals surface area contributed by atoms with Crippen LogP contribution in [0.4, 0.5) is 5.82 Å². The Labute approximate surface area is 108 Å². The number of carbonyl (C=O) groups is 2. The quantitative estimate of drug-likeness (QED) is 0.460. The highest BCUT2D eigenvalue weighted by Gasteiger charge is 2.17. The molecule has 0 atom stereocenters. The molecule has 8 nitrogen and oxygen atoms in total. The Balaban J connectivity index is 2.56. The summed E-state index contributed by atoms with van der Waals surface area (Å²) in [5.41, 5.74) is -0.127. The van der Waals surface area contributed by atoms with Crippen molar-refractivity contribution in [3.63, 3.8) is 0 Å². The summed E-state index contributed by atoms with van der Waals surface area (Å²) in [5.74, 6) is -1.67. The molecule has 0 fully saturated rings. The van der Waals surface area contributed by atoms with Gasteiger partial charge in [-0.1, -0.05) is 6.92 Å². The summed E-state index contributed by atoms with van der Waals surface area (Å²) in [6, 6.07) is 3.83. The molecule has 0 aliphatic rings. The molecule has 1 aromatic heterocycles. The predicted octanol–water partition coefficient (Wildman–Crippen LogP) is 0.673. The van der Waals surface area contributed by atoms with Gasteiger partial charge in [0.25, 0.3) is 5.91 Å². The highest BCUT2D eigenvalue weighted by atomic mass is 16.6. The van der Waals surface area contributed by atoms with Crippen molar-refractivity contribution >= 4 is 17.7 Å². The van der Waals surface area contributed by atoms with Gasteiger partial charge >= 0.3 is 11.8 Å². The topological polar surface area (TPSA) is 111 Å². The first-order valence-electron chi connectivity index (χ1n) is 5.60. The highest BCUT2D eigenvalue weighted by molar-refractivity contribution is 5.94. The number of pyridine rings is 1. The standard InChI is InChI=1S/C11H13N3O5/c1-2-6-19-10(15)7-12-11(16)8-4-3-5-9(13-8)14(17)18/h3-5H,2,6-7H2,1H3,(H,12,16). The van der Waals surface area contributed by atoms with Crippen molar-refractivity contribution in [2.24, 2.45) is 0 Å². The molecule has 1 heterocycles. The number of aromatic nitrogens is 1. The van der Waals surface area contributed by atoms with Crippen molar-refractivity contribution in [3.05, 3.63) is 34.0 Å². The number of esters is 1. The van der Waals surface area contributed by atoms with Gasteiger partial charge in [0.15, 0.2) is 0 Å². The van der Waals surface area contributed by atoms with Crippen molar-refractivity contribution in [1.29, 1.82) is 0 Å². The second kappa shape index (κ2) is 7.04. The monoisotopic (exact) mass is 267 g/mol. The van der Waals surface area contributed by atoms with E-state index in [4.69, 9.17) is 4.74 Å². The van der Waals surface area contributed by atoms with E-state index in [2.05, 4.69) is 10.3 Å². The number of nitrogens with one attached hydrogen (secondary N) is 1. The lowest BCUT2D eigenvalue weighted by molar-refractivity contribution is -0.389. The molecule has 19 heavy (non-hydrogen) atoms. The zero-order valence-corrected chi connectivity index (χ0v) is 10.3. The molecular weight excluding hydrogens is 254 g/mol. The van der Waals surface area contributed by atoms with Crippen LogP contribution in [0.25, 0.3) is 0 Å². The largest absolute Gasteiger partial charge is 0.464 e. The Morgan fingerprint density at radius 1 is 1.47 bits per heavy atom. The van der Waals surface area contributed by atoms with E-state index in [-0.39, 0.29) is 18.8 Å². The van der Waals surface area contributed by atoms with E-state index in [1.807, 2.05) is 6.92 Å². The molecule has 1 aromatic rings. The molecule has 0 aliphatic heterocycles. The van der Waals surface area contributed by atoms with Gasteiger partial charge in [0, 0.05) is 6.07 Å². The van der Waals surface area contributed by atoms with Gasteiger partial charge < -0.3 is 20.2 Å². The van der Waals surface area contributed by atoms with Gasteiger partial charge in [0.2, 0.25) is 5.69 Å². The molecule has 0 saturated heterocycles. The summed E-state index contributed by atoms with van der Waals surface area (Å²) in [6.45, 7) is 1.83. The fraction of sp³-hybridized carbons (Fsp3) is 0.364. The molecule has 1 rings (SSSR count). The maximum absolute atomic E-state index is 11.6. The average Bonchev–Trinajstić information content (AvgIpc) is 2.42. The number of hydrogen-bond acceptors (Lipinski definition) is 6. The maximum Gasteiger partial charge on any atom is 0.364 e. The maximum atomic E-state index is 11.6. The predicted molar refractivity (Wildman–Crippen MR) is 64.5 cm³/mol. The van der Waals surface area contributed by atoms with Crippen LogP contribution in [0, 0.1) is 10.1 Å². The molecule has 0 bridgehead atoms. The Morgan fingerprint density at radius 3 is 2.84 bits per heavy atom. The summed E-state index contributed by atoms with van der Waals surface area (Å²) in [5, 5.41) is 12.8. The highest BCUT2D eigenvalue weighted by Crippen LogP contribution is 2.07. The van der Waals surface area contributed by atoms with Crippen LogP contribution < -0.4 is 5.32 Å². The van der Waals surface area contributed by atoms with Crippen molar-refractivity contribution in [1.82, 2.24) is 10.3 Å². The normalized spacial score (nSPS) is 9.74. The molecule has 0 radical (unpaired) electrons. The molecule has 0 aromatic carbocycles. The van der Waals surface area contributed by atoms with Crippen molar-refractivity contribution in [2.45, 2.75) is 13.3 Å². The van der Waals surface area contributed by atoms with Gasteiger partial charge in [-0.25, -0.2) is 0 Å². The third kappa shape index (κ3) is 4.70. The molecular formula is C11H13N3O5. The average molecular weight is 267 g/mol. The summed E-state index contributed by atoms with van der Waals surface area (Å²) < 4.78 is 4.76. The Kier molecular flexibility index (Phi) is 5.39. The van der Waals surface area contributed by atoms with E-state index >= 15 is 0 Å². The fourth-order valence-electron chi connectivity index (χ4n) is 1.16. The van der Waals surface area contributed by atoms with E-state index in [0.717, 1.165) is 0 Å². The summed E-state index contributed by atoms with van der Waals surface area (Å²) in [4.78, 5) is 36.1. The lowest BCUT2D eigenvalue weighted by atomic mass is 10.3. The van der Waals surface area contributed by atoms with Gasteiger partial charge in [-0.2, -0.15) is 0 Å². The smallest absolute Gasteiger partial charge is 0.364 e. The van der Waals surface area contributed by atoms with Crippen LogP contribution in [-0.4, -0.2) is 34.9 Å². The lowest BCUT2D eigenvalue weighted by Crippen LogP contribution is -2.31. The number of rotatable bonds is 6. The third-order valence-corrected chi connectivity index (χ3v) is 2.01. The van der Waals surface area contributed by atoms with Crippen molar-refractivity contribution in [3.8, 4) is 0 Å². The second-order valence-corrected chi connectivity index (χ2v) is 3.54. The number of amides is 1. The van der Waals surface area contributed by atoms with Crippen LogP contribution in [0.5, 0.6) is 0 Å². The molecule has 0 spiro atoms. The SMILES string of the molecule is CCCOC(=O)CNC(=O)c1cccc([N+](=O)[O-])n1. The first-order valence-corrected chi connectivity index (χ1v) is 5.60. The molecule has 1 N–H and O–H groups in total. The number of hydrogen-bond donors (Lipinski definition) is 1. The minimum atomic E-state index is -0.702. The molecule has 0 aliphatic carbocycles. The first-order chi connectivity index (χ1) is 9.04. The Hall–Kier alpha value is -2.51. The van der Waals surface area contributed by atoms with Gasteiger partial charge in [0.05, 0.1) is 6.61 Å². The summed E-state index contributed by atoms with van der Waals surface area (Å²) in [6.07, 6.45) is 0.687. The van der Waals surface area contributed by atoms with Gasteiger partial charge in [-0.3, -0.25) is 9.59 Å². The van der Waals surface area contributed by atoms with E-state index in [9.17, 15) is 19.7 Å². The zero-order chi connectivity index (χ0) is 14.3. The summed E-state index contributed by atoms with van der Waals surface area (Å²) in [7, 11) is 0. The van der Waals surface area contributed by atoms with E-state index < -0.39 is 22.6 Å². The fourth-order valence-corrected chi connectivity index (χ4v) is 1.16. The molecule has 1 amide bonds. The minimum absolute atomic E-state index is 0.127. The van der Waals surface area contributed by atoms with Crippen LogP contribution in [0.15, 0.2) is 18.2 Å². The molecule has 8 heteroatoms. The van der Waals surface area contributed by atoms with Crippen LogP contribution in [0.1, 0.15) is 23.8 Å².